The van der Waals surface area contributed by atoms with Gasteiger partial charge in [0, 0.05) is 25.2 Å². The number of likely N-dealkylation sites (N-methyl/N-ethyl adjacent to an activating group) is 1. The molecule has 0 aliphatic carbocycles. The number of carbonyl (C=O) groups is 2. The molecule has 0 unspecified atom stereocenters. The zero-order valence-corrected chi connectivity index (χ0v) is 11.5. The zero-order valence-electron chi connectivity index (χ0n) is 11.5. The summed E-state index contributed by atoms with van der Waals surface area (Å²) in [6.45, 7) is 2.41. The van der Waals surface area contributed by atoms with E-state index in [1.807, 2.05) is 0 Å². The molecule has 0 bridgehead atoms. The van der Waals surface area contributed by atoms with E-state index in [1.54, 1.807) is 11.1 Å². The summed E-state index contributed by atoms with van der Waals surface area (Å²) in [6, 6.07) is 8.80. The Morgan fingerprint density at radius 2 is 1.40 bits per heavy atom. The van der Waals surface area contributed by atoms with E-state index in [4.69, 9.17) is 10.2 Å². The quantitative estimate of drug-likeness (QED) is 0.800. The SMILES string of the molecule is CN1CCc2ccccc2CC1.O=C(O)/C=C/C(=O)O. The van der Waals surface area contributed by atoms with E-state index in [1.165, 1.54) is 25.9 Å². The molecule has 1 aromatic carbocycles. The van der Waals surface area contributed by atoms with Crippen molar-refractivity contribution in [2.45, 2.75) is 12.8 Å². The van der Waals surface area contributed by atoms with Crippen LogP contribution in [0.4, 0.5) is 0 Å². The van der Waals surface area contributed by atoms with Gasteiger partial charge >= 0.3 is 11.9 Å². The normalized spacial score (nSPS) is 14.8. The molecule has 0 spiro atoms. The Labute approximate surface area is 118 Å². The van der Waals surface area contributed by atoms with Gasteiger partial charge in [-0.2, -0.15) is 0 Å². The molecule has 1 aliphatic rings. The second-order valence-electron chi connectivity index (χ2n) is 4.58. The van der Waals surface area contributed by atoms with Gasteiger partial charge < -0.3 is 15.1 Å². The highest BCUT2D eigenvalue weighted by atomic mass is 16.4. The molecular weight excluding hydrogens is 258 g/mol. The number of rotatable bonds is 2. The van der Waals surface area contributed by atoms with Crippen LogP contribution in [0.25, 0.3) is 0 Å². The van der Waals surface area contributed by atoms with Crippen LogP contribution in [0.1, 0.15) is 11.1 Å². The lowest BCUT2D eigenvalue weighted by Crippen LogP contribution is -2.20. The Balaban J connectivity index is 0.000000221. The molecule has 0 amide bonds. The van der Waals surface area contributed by atoms with Gasteiger partial charge in [-0.3, -0.25) is 0 Å². The summed E-state index contributed by atoms with van der Waals surface area (Å²) in [5.41, 5.74) is 3.09. The highest BCUT2D eigenvalue weighted by Crippen LogP contribution is 2.14. The first kappa shape index (κ1) is 15.9. The van der Waals surface area contributed by atoms with Gasteiger partial charge in [-0.1, -0.05) is 24.3 Å². The molecule has 108 valence electrons. The van der Waals surface area contributed by atoms with Crippen molar-refractivity contribution >= 4 is 11.9 Å². The number of carboxylic acid groups (broad SMARTS) is 2. The van der Waals surface area contributed by atoms with Crippen LogP contribution in [0, 0.1) is 0 Å². The molecule has 1 aromatic rings. The van der Waals surface area contributed by atoms with Gasteiger partial charge in [-0.05, 0) is 31.0 Å². The Bertz CT molecular complexity index is 453. The summed E-state index contributed by atoms with van der Waals surface area (Å²) >= 11 is 0. The van der Waals surface area contributed by atoms with E-state index < -0.39 is 11.9 Å². The number of benzene rings is 1. The van der Waals surface area contributed by atoms with Crippen LogP contribution < -0.4 is 0 Å². The zero-order chi connectivity index (χ0) is 15.0. The van der Waals surface area contributed by atoms with Gasteiger partial charge in [0.15, 0.2) is 0 Å². The number of aliphatic carboxylic acids is 2. The molecule has 0 fully saturated rings. The van der Waals surface area contributed by atoms with Gasteiger partial charge in [0.25, 0.3) is 0 Å². The van der Waals surface area contributed by atoms with E-state index in [9.17, 15) is 9.59 Å². The van der Waals surface area contributed by atoms with Crippen LogP contribution in [-0.4, -0.2) is 47.2 Å². The minimum Gasteiger partial charge on any atom is -0.478 e. The van der Waals surface area contributed by atoms with Crippen molar-refractivity contribution < 1.29 is 19.8 Å². The maximum Gasteiger partial charge on any atom is 0.328 e. The van der Waals surface area contributed by atoms with E-state index in [-0.39, 0.29) is 0 Å². The van der Waals surface area contributed by atoms with Crippen LogP contribution >= 0.6 is 0 Å². The van der Waals surface area contributed by atoms with Crippen molar-refractivity contribution in [1.29, 1.82) is 0 Å². The highest BCUT2D eigenvalue weighted by molar-refractivity contribution is 5.89. The predicted molar refractivity (Wildman–Crippen MR) is 75.8 cm³/mol. The molecule has 1 aliphatic heterocycles. The molecule has 0 saturated heterocycles. The number of carboxylic acids is 2. The molecule has 5 heteroatoms. The Hall–Kier alpha value is -2.14. The van der Waals surface area contributed by atoms with Gasteiger partial charge in [-0.15, -0.1) is 0 Å². The Morgan fingerprint density at radius 3 is 1.75 bits per heavy atom. The minimum atomic E-state index is -1.26. The fraction of sp³-hybridized carbons (Fsp3) is 0.333. The minimum absolute atomic E-state index is 0.558. The van der Waals surface area contributed by atoms with Crippen LogP contribution in [0.15, 0.2) is 36.4 Å². The fourth-order valence-corrected chi connectivity index (χ4v) is 1.92. The number of fused-ring (bicyclic) bond motifs is 1. The fourth-order valence-electron chi connectivity index (χ4n) is 1.92. The van der Waals surface area contributed by atoms with Crippen molar-refractivity contribution in [1.82, 2.24) is 4.90 Å². The lowest BCUT2D eigenvalue weighted by Gasteiger charge is -2.10. The van der Waals surface area contributed by atoms with Gasteiger partial charge in [0.05, 0.1) is 0 Å². The van der Waals surface area contributed by atoms with Crippen LogP contribution in [0.2, 0.25) is 0 Å². The van der Waals surface area contributed by atoms with Crippen LogP contribution in [-0.2, 0) is 22.4 Å². The first-order chi connectivity index (χ1) is 9.49. The van der Waals surface area contributed by atoms with Gasteiger partial charge in [0.2, 0.25) is 0 Å². The summed E-state index contributed by atoms with van der Waals surface area (Å²) in [7, 11) is 2.20. The number of nitrogens with zero attached hydrogens (tertiary/aromatic N) is 1. The average Bonchev–Trinajstić information content (AvgIpc) is 2.60. The van der Waals surface area contributed by atoms with E-state index in [0.29, 0.717) is 12.2 Å². The summed E-state index contributed by atoms with van der Waals surface area (Å²) < 4.78 is 0. The topological polar surface area (TPSA) is 77.8 Å². The average molecular weight is 277 g/mol. The number of hydrogen-bond donors (Lipinski definition) is 2. The van der Waals surface area contributed by atoms with Gasteiger partial charge in [-0.25, -0.2) is 9.59 Å². The molecule has 2 N–H and O–H groups in total. The second kappa shape index (κ2) is 8.12. The lowest BCUT2D eigenvalue weighted by molar-refractivity contribution is -0.134. The van der Waals surface area contributed by atoms with Crippen LogP contribution in [0.5, 0.6) is 0 Å². The van der Waals surface area contributed by atoms with Crippen LogP contribution in [0.3, 0.4) is 0 Å². The first-order valence-electron chi connectivity index (χ1n) is 6.38. The van der Waals surface area contributed by atoms with Crippen molar-refractivity contribution in [3.63, 3.8) is 0 Å². The Morgan fingerprint density at radius 1 is 1.00 bits per heavy atom. The van der Waals surface area contributed by atoms with E-state index in [0.717, 1.165) is 0 Å². The van der Waals surface area contributed by atoms with Crippen molar-refractivity contribution in [3.8, 4) is 0 Å². The molecule has 0 atom stereocenters. The Kier molecular flexibility index (Phi) is 6.46. The van der Waals surface area contributed by atoms with E-state index >= 15 is 0 Å². The molecule has 0 radical (unpaired) electrons. The summed E-state index contributed by atoms with van der Waals surface area (Å²) in [5, 5.41) is 15.6. The number of hydrogen-bond acceptors (Lipinski definition) is 3. The van der Waals surface area contributed by atoms with E-state index in [2.05, 4.69) is 36.2 Å². The summed E-state index contributed by atoms with van der Waals surface area (Å²) in [6.07, 6.45) is 3.55. The van der Waals surface area contributed by atoms with Crippen molar-refractivity contribution in [3.05, 3.63) is 47.5 Å². The molecule has 5 nitrogen and oxygen atoms in total. The first-order valence-corrected chi connectivity index (χ1v) is 6.38. The smallest absolute Gasteiger partial charge is 0.328 e. The largest absolute Gasteiger partial charge is 0.478 e. The molecule has 2 rings (SSSR count). The summed E-state index contributed by atoms with van der Waals surface area (Å²) in [4.78, 5) is 21.5. The maximum atomic E-state index is 9.55. The molecular formula is C15H19NO4. The van der Waals surface area contributed by atoms with Gasteiger partial charge in [0.1, 0.15) is 0 Å². The highest BCUT2D eigenvalue weighted by Gasteiger charge is 2.08. The molecule has 0 aromatic heterocycles. The van der Waals surface area contributed by atoms with Crippen molar-refractivity contribution in [2.75, 3.05) is 20.1 Å². The molecule has 1 heterocycles. The summed E-state index contributed by atoms with van der Waals surface area (Å²) in [5.74, 6) is -2.51. The standard InChI is InChI=1S/C11H15N.C4H4O4/c1-12-8-6-10-4-2-3-5-11(10)7-9-12;5-3(6)1-2-4(7)8/h2-5H,6-9H2,1H3;1-2H,(H,5,6)(H,7,8)/b;2-1+. The van der Waals surface area contributed by atoms with Crippen molar-refractivity contribution in [2.24, 2.45) is 0 Å². The molecule has 20 heavy (non-hydrogen) atoms. The predicted octanol–water partition coefficient (Wildman–Crippen LogP) is 1.43. The third-order valence-corrected chi connectivity index (χ3v) is 3.01. The lowest BCUT2D eigenvalue weighted by atomic mass is 10.0. The second-order valence-corrected chi connectivity index (χ2v) is 4.58. The third-order valence-electron chi connectivity index (χ3n) is 3.01. The molecule has 0 saturated carbocycles. The monoisotopic (exact) mass is 277 g/mol. The third kappa shape index (κ3) is 6.15. The maximum absolute atomic E-state index is 9.55.